The Balaban J connectivity index is 1.96. The molecule has 1 aromatic heterocycles. The van der Waals surface area contributed by atoms with Gasteiger partial charge in [0.15, 0.2) is 5.69 Å². The first kappa shape index (κ1) is 17.8. The van der Waals surface area contributed by atoms with E-state index in [0.717, 1.165) is 0 Å². The molecule has 0 atom stereocenters. The van der Waals surface area contributed by atoms with Crippen molar-refractivity contribution in [2.75, 3.05) is 0 Å². The molecule has 2 aromatic carbocycles. The lowest BCUT2D eigenvalue weighted by molar-refractivity contribution is 0.0464. The van der Waals surface area contributed by atoms with Gasteiger partial charge in [0.2, 0.25) is 0 Å². The van der Waals surface area contributed by atoms with Gasteiger partial charge in [-0.05, 0) is 29.7 Å². The SMILES string of the molecule is CC(C)Cn1nc(C(=O)OCc2cccc(F)c2)c2ccccc2c1=O. The second-order valence-corrected chi connectivity index (χ2v) is 6.48. The summed E-state index contributed by atoms with van der Waals surface area (Å²) < 4.78 is 19.8. The molecule has 0 aliphatic rings. The number of rotatable bonds is 5. The molecule has 3 aromatic rings. The van der Waals surface area contributed by atoms with E-state index in [9.17, 15) is 14.0 Å². The van der Waals surface area contributed by atoms with E-state index in [-0.39, 0.29) is 23.8 Å². The van der Waals surface area contributed by atoms with Crippen LogP contribution in [0.4, 0.5) is 4.39 Å². The molecule has 134 valence electrons. The van der Waals surface area contributed by atoms with Crippen molar-refractivity contribution in [1.29, 1.82) is 0 Å². The maximum absolute atomic E-state index is 13.3. The highest BCUT2D eigenvalue weighted by Crippen LogP contribution is 2.16. The maximum atomic E-state index is 13.3. The van der Waals surface area contributed by atoms with Crippen LogP contribution in [0.2, 0.25) is 0 Å². The largest absolute Gasteiger partial charge is 0.456 e. The molecule has 0 amide bonds. The Kier molecular flexibility index (Phi) is 5.11. The van der Waals surface area contributed by atoms with Crippen LogP contribution in [0.25, 0.3) is 10.8 Å². The quantitative estimate of drug-likeness (QED) is 0.658. The first-order valence-electron chi connectivity index (χ1n) is 8.37. The van der Waals surface area contributed by atoms with Crippen LogP contribution in [-0.2, 0) is 17.9 Å². The van der Waals surface area contributed by atoms with Crippen LogP contribution in [0.1, 0.15) is 29.9 Å². The predicted molar refractivity (Wildman–Crippen MR) is 96.4 cm³/mol. The first-order chi connectivity index (χ1) is 12.5. The van der Waals surface area contributed by atoms with Gasteiger partial charge < -0.3 is 4.74 Å². The number of esters is 1. The molecule has 0 saturated heterocycles. The minimum atomic E-state index is -0.650. The molecule has 0 unspecified atom stereocenters. The zero-order chi connectivity index (χ0) is 18.7. The van der Waals surface area contributed by atoms with Crippen molar-refractivity contribution in [3.63, 3.8) is 0 Å². The minimum absolute atomic E-state index is 0.0735. The van der Waals surface area contributed by atoms with Crippen LogP contribution in [0.15, 0.2) is 53.3 Å². The summed E-state index contributed by atoms with van der Waals surface area (Å²) in [6.45, 7) is 4.25. The molecule has 0 radical (unpaired) electrons. The molecule has 0 bridgehead atoms. The molecule has 0 N–H and O–H groups in total. The molecule has 26 heavy (non-hydrogen) atoms. The minimum Gasteiger partial charge on any atom is -0.456 e. The monoisotopic (exact) mass is 354 g/mol. The summed E-state index contributed by atoms with van der Waals surface area (Å²) in [6.07, 6.45) is 0. The van der Waals surface area contributed by atoms with E-state index < -0.39 is 11.8 Å². The van der Waals surface area contributed by atoms with E-state index in [1.807, 2.05) is 13.8 Å². The molecule has 6 heteroatoms. The number of carbonyl (C=O) groups is 1. The lowest BCUT2D eigenvalue weighted by Gasteiger charge is -2.12. The van der Waals surface area contributed by atoms with Crippen molar-refractivity contribution in [2.24, 2.45) is 5.92 Å². The second-order valence-electron chi connectivity index (χ2n) is 6.48. The number of ether oxygens (including phenoxy) is 1. The topological polar surface area (TPSA) is 61.2 Å². The van der Waals surface area contributed by atoms with Gasteiger partial charge in [-0.2, -0.15) is 5.10 Å². The van der Waals surface area contributed by atoms with Gasteiger partial charge in [0.25, 0.3) is 5.56 Å². The smallest absolute Gasteiger partial charge is 0.359 e. The Bertz CT molecular complexity index is 1010. The Labute approximate surface area is 150 Å². The van der Waals surface area contributed by atoms with E-state index in [4.69, 9.17) is 4.74 Å². The fourth-order valence-corrected chi connectivity index (χ4v) is 2.70. The summed E-state index contributed by atoms with van der Waals surface area (Å²) in [5, 5.41) is 5.09. The third-order valence-corrected chi connectivity index (χ3v) is 3.86. The van der Waals surface area contributed by atoms with E-state index in [1.54, 1.807) is 36.4 Å². The number of benzene rings is 2. The molecule has 5 nitrogen and oxygen atoms in total. The average molecular weight is 354 g/mol. The third-order valence-electron chi connectivity index (χ3n) is 3.86. The molecule has 1 heterocycles. The van der Waals surface area contributed by atoms with Crippen LogP contribution >= 0.6 is 0 Å². The maximum Gasteiger partial charge on any atom is 0.359 e. The zero-order valence-corrected chi connectivity index (χ0v) is 14.6. The molecule has 0 saturated carbocycles. The van der Waals surface area contributed by atoms with Crippen molar-refractivity contribution >= 4 is 16.7 Å². The molecular weight excluding hydrogens is 335 g/mol. The summed E-state index contributed by atoms with van der Waals surface area (Å²) in [4.78, 5) is 25.1. The first-order valence-corrected chi connectivity index (χ1v) is 8.37. The second kappa shape index (κ2) is 7.47. The molecule has 0 aliphatic carbocycles. The number of hydrogen-bond acceptors (Lipinski definition) is 4. The van der Waals surface area contributed by atoms with Gasteiger partial charge in [-0.1, -0.05) is 44.2 Å². The molecule has 0 aliphatic heterocycles. The Morgan fingerprint density at radius 3 is 2.58 bits per heavy atom. The van der Waals surface area contributed by atoms with E-state index >= 15 is 0 Å². The number of fused-ring (bicyclic) bond motifs is 1. The van der Waals surface area contributed by atoms with Crippen molar-refractivity contribution < 1.29 is 13.9 Å². The summed E-state index contributed by atoms with van der Waals surface area (Å²) in [6, 6.07) is 12.7. The van der Waals surface area contributed by atoms with E-state index in [2.05, 4.69) is 5.10 Å². The van der Waals surface area contributed by atoms with Gasteiger partial charge >= 0.3 is 5.97 Å². The molecular formula is C20H19FN2O3. The highest BCUT2D eigenvalue weighted by molar-refractivity contribution is 6.02. The van der Waals surface area contributed by atoms with Gasteiger partial charge in [-0.25, -0.2) is 13.9 Å². The van der Waals surface area contributed by atoms with Crippen LogP contribution in [0, 0.1) is 11.7 Å². The van der Waals surface area contributed by atoms with Gasteiger partial charge in [0, 0.05) is 11.9 Å². The van der Waals surface area contributed by atoms with Gasteiger partial charge in [-0.3, -0.25) is 4.79 Å². The number of halogens is 1. The van der Waals surface area contributed by atoms with Gasteiger partial charge in [-0.15, -0.1) is 0 Å². The molecule has 0 spiro atoms. The van der Waals surface area contributed by atoms with Gasteiger partial charge in [0.1, 0.15) is 12.4 Å². The summed E-state index contributed by atoms with van der Waals surface area (Å²) in [5.74, 6) is -0.854. The fourth-order valence-electron chi connectivity index (χ4n) is 2.70. The number of hydrogen-bond donors (Lipinski definition) is 0. The highest BCUT2D eigenvalue weighted by atomic mass is 19.1. The van der Waals surface area contributed by atoms with Gasteiger partial charge in [0.05, 0.1) is 5.39 Å². The Hall–Kier alpha value is -3.02. The Morgan fingerprint density at radius 2 is 1.88 bits per heavy atom. The molecule has 3 rings (SSSR count). The van der Waals surface area contributed by atoms with E-state index in [1.165, 1.54) is 16.8 Å². The predicted octanol–water partition coefficient (Wildman–Crippen LogP) is 3.55. The van der Waals surface area contributed by atoms with E-state index in [0.29, 0.717) is 22.9 Å². The zero-order valence-electron chi connectivity index (χ0n) is 14.6. The van der Waals surface area contributed by atoms with Crippen LogP contribution in [0.5, 0.6) is 0 Å². The van der Waals surface area contributed by atoms with Crippen molar-refractivity contribution in [3.05, 3.63) is 76.0 Å². The Morgan fingerprint density at radius 1 is 1.15 bits per heavy atom. The highest BCUT2D eigenvalue weighted by Gasteiger charge is 2.18. The summed E-state index contributed by atoms with van der Waals surface area (Å²) >= 11 is 0. The summed E-state index contributed by atoms with van der Waals surface area (Å²) in [7, 11) is 0. The number of nitrogens with zero attached hydrogens (tertiary/aromatic N) is 2. The lowest BCUT2D eigenvalue weighted by atomic mass is 10.1. The normalized spacial score (nSPS) is 11.1. The van der Waals surface area contributed by atoms with Crippen molar-refractivity contribution in [3.8, 4) is 0 Å². The van der Waals surface area contributed by atoms with Crippen LogP contribution in [0.3, 0.4) is 0 Å². The lowest BCUT2D eigenvalue weighted by Crippen LogP contribution is -2.28. The van der Waals surface area contributed by atoms with Crippen LogP contribution < -0.4 is 5.56 Å². The standard InChI is InChI=1S/C20H19FN2O3/c1-13(2)11-23-19(24)17-9-4-3-8-16(17)18(22-23)20(25)26-12-14-6-5-7-15(21)10-14/h3-10,13H,11-12H2,1-2H3. The summed E-state index contributed by atoms with van der Waals surface area (Å²) in [5.41, 5.74) is 0.381. The third kappa shape index (κ3) is 3.79. The molecule has 0 fully saturated rings. The number of carbonyl (C=O) groups excluding carboxylic acids is 1. The fraction of sp³-hybridized carbons (Fsp3) is 0.250. The average Bonchev–Trinajstić information content (AvgIpc) is 2.62. The number of aromatic nitrogens is 2. The van der Waals surface area contributed by atoms with Crippen molar-refractivity contribution in [2.45, 2.75) is 27.0 Å². The van der Waals surface area contributed by atoms with Crippen molar-refractivity contribution in [1.82, 2.24) is 9.78 Å². The van der Waals surface area contributed by atoms with Crippen LogP contribution in [-0.4, -0.2) is 15.7 Å².